The van der Waals surface area contributed by atoms with Crippen LogP contribution in [0.15, 0.2) is 35.5 Å². The molecule has 0 saturated carbocycles. The Morgan fingerprint density at radius 2 is 2.33 bits per heavy atom. The van der Waals surface area contributed by atoms with Gasteiger partial charge >= 0.3 is 0 Å². The number of carbonyl (C=O) groups is 1. The van der Waals surface area contributed by atoms with Gasteiger partial charge in [-0.2, -0.15) is 5.10 Å². The summed E-state index contributed by atoms with van der Waals surface area (Å²) in [6.07, 6.45) is 3.82. The molecule has 2 N–H and O–H groups in total. The van der Waals surface area contributed by atoms with Gasteiger partial charge in [-0.25, -0.2) is 0 Å². The van der Waals surface area contributed by atoms with E-state index in [1.54, 1.807) is 16.4 Å². The highest BCUT2D eigenvalue weighted by atomic mass is 35.5. The topological polar surface area (TPSA) is 59.0 Å². The zero-order valence-electron chi connectivity index (χ0n) is 13.8. The van der Waals surface area contributed by atoms with E-state index in [4.69, 9.17) is 11.6 Å². The van der Waals surface area contributed by atoms with Gasteiger partial charge in [-0.05, 0) is 29.5 Å². The van der Waals surface area contributed by atoms with Gasteiger partial charge in [0.05, 0.1) is 17.8 Å². The van der Waals surface area contributed by atoms with Crippen LogP contribution in [-0.4, -0.2) is 34.5 Å². The Hall–Kier alpha value is -1.50. The van der Waals surface area contributed by atoms with Gasteiger partial charge < -0.3 is 10.6 Å². The summed E-state index contributed by atoms with van der Waals surface area (Å²) in [4.78, 5) is 13.9. The fraction of sp³-hybridized carbons (Fsp3) is 0.412. The average Bonchev–Trinajstić information content (AvgIpc) is 3.18. The van der Waals surface area contributed by atoms with Gasteiger partial charge in [0.25, 0.3) is 0 Å². The van der Waals surface area contributed by atoms with Gasteiger partial charge in [0.15, 0.2) is 0 Å². The third kappa shape index (κ3) is 3.77. The zero-order chi connectivity index (χ0) is 17.1. The number of amides is 1. The van der Waals surface area contributed by atoms with E-state index in [1.165, 1.54) is 0 Å². The maximum Gasteiger partial charge on any atom is 0.229 e. The number of hydrogen-bond donors (Lipinski definition) is 2. The average molecular weight is 365 g/mol. The van der Waals surface area contributed by atoms with Crippen LogP contribution in [0.5, 0.6) is 0 Å². The molecule has 1 aliphatic rings. The standard InChI is InChI=1S/C17H21ClN4OS/c1-3-24-16-5-4-12(18)6-15(16)21-17(23)14-9-19-8-13(14)11-7-20-22(2)10-11/h4-7,10,13-14,19H,3,8-9H2,1-2H3,(H,21,23)/t13-,14+/m1/s1. The SMILES string of the molecule is CCSc1ccc(Cl)cc1NC(=O)[C@H]1CNC[C@@H]1c1cnn(C)c1. The number of benzene rings is 1. The Kier molecular flexibility index (Phi) is 5.48. The number of anilines is 1. The molecule has 2 atom stereocenters. The van der Waals surface area contributed by atoms with Crippen LogP contribution in [-0.2, 0) is 11.8 Å². The van der Waals surface area contributed by atoms with E-state index in [2.05, 4.69) is 22.7 Å². The van der Waals surface area contributed by atoms with E-state index in [0.717, 1.165) is 28.4 Å². The second-order valence-corrected chi connectivity index (χ2v) is 7.62. The highest BCUT2D eigenvalue weighted by Crippen LogP contribution is 2.33. The minimum Gasteiger partial charge on any atom is -0.325 e. The quantitative estimate of drug-likeness (QED) is 0.800. The van der Waals surface area contributed by atoms with E-state index < -0.39 is 0 Å². The van der Waals surface area contributed by atoms with Gasteiger partial charge in [-0.15, -0.1) is 11.8 Å². The summed E-state index contributed by atoms with van der Waals surface area (Å²) in [5.74, 6) is 0.982. The monoisotopic (exact) mass is 364 g/mol. The van der Waals surface area contributed by atoms with Crippen LogP contribution in [0.3, 0.4) is 0 Å². The third-order valence-corrected chi connectivity index (χ3v) is 5.39. The molecule has 1 aromatic heterocycles. The van der Waals surface area contributed by atoms with Gasteiger partial charge in [0, 0.05) is 42.2 Å². The number of rotatable bonds is 5. The molecule has 0 spiro atoms. The molecule has 0 aliphatic carbocycles. The summed E-state index contributed by atoms with van der Waals surface area (Å²) in [5.41, 5.74) is 1.88. The van der Waals surface area contributed by atoms with E-state index in [0.29, 0.717) is 11.6 Å². The number of aromatic nitrogens is 2. The van der Waals surface area contributed by atoms with Crippen LogP contribution < -0.4 is 10.6 Å². The molecule has 1 fully saturated rings. The lowest BCUT2D eigenvalue weighted by Gasteiger charge is -2.18. The van der Waals surface area contributed by atoms with Gasteiger partial charge in [-0.1, -0.05) is 18.5 Å². The summed E-state index contributed by atoms with van der Waals surface area (Å²) in [6.45, 7) is 3.54. The number of thioether (sulfide) groups is 1. The van der Waals surface area contributed by atoms with Crippen LogP contribution in [0.25, 0.3) is 0 Å². The summed E-state index contributed by atoms with van der Waals surface area (Å²) in [6, 6.07) is 5.63. The Morgan fingerprint density at radius 3 is 3.04 bits per heavy atom. The van der Waals surface area contributed by atoms with Crippen molar-refractivity contribution in [3.63, 3.8) is 0 Å². The molecule has 2 aromatic rings. The van der Waals surface area contributed by atoms with E-state index in [9.17, 15) is 4.79 Å². The maximum atomic E-state index is 12.8. The first-order valence-corrected chi connectivity index (χ1v) is 9.37. The number of halogens is 1. The van der Waals surface area contributed by atoms with Crippen LogP contribution >= 0.6 is 23.4 Å². The molecule has 0 unspecified atom stereocenters. The van der Waals surface area contributed by atoms with Crippen molar-refractivity contribution in [3.8, 4) is 0 Å². The number of nitrogens with one attached hydrogen (secondary N) is 2. The predicted octanol–water partition coefficient (Wildman–Crippen LogP) is 3.13. The highest BCUT2D eigenvalue weighted by molar-refractivity contribution is 7.99. The Morgan fingerprint density at radius 1 is 1.50 bits per heavy atom. The highest BCUT2D eigenvalue weighted by Gasteiger charge is 2.34. The lowest BCUT2D eigenvalue weighted by Crippen LogP contribution is -2.28. The Bertz CT molecular complexity index is 733. The normalized spacial score (nSPS) is 20.3. The summed E-state index contributed by atoms with van der Waals surface area (Å²) in [5, 5.41) is 11.2. The molecule has 2 heterocycles. The van der Waals surface area contributed by atoms with Crippen molar-refractivity contribution in [1.29, 1.82) is 0 Å². The molecule has 128 valence electrons. The lowest BCUT2D eigenvalue weighted by atomic mass is 9.90. The van der Waals surface area contributed by atoms with Crippen molar-refractivity contribution >= 4 is 35.0 Å². The van der Waals surface area contributed by atoms with E-state index >= 15 is 0 Å². The lowest BCUT2D eigenvalue weighted by molar-refractivity contribution is -0.119. The fourth-order valence-electron chi connectivity index (χ4n) is 3.04. The second-order valence-electron chi connectivity index (χ2n) is 5.88. The molecule has 0 bridgehead atoms. The zero-order valence-corrected chi connectivity index (χ0v) is 15.3. The molecule has 0 radical (unpaired) electrons. The minimum atomic E-state index is -0.118. The van der Waals surface area contributed by atoms with Crippen molar-refractivity contribution < 1.29 is 4.79 Å². The summed E-state index contributed by atoms with van der Waals surface area (Å²) in [7, 11) is 1.89. The van der Waals surface area contributed by atoms with Crippen molar-refractivity contribution in [3.05, 3.63) is 41.2 Å². The smallest absolute Gasteiger partial charge is 0.229 e. The van der Waals surface area contributed by atoms with Gasteiger partial charge in [0.2, 0.25) is 5.91 Å². The van der Waals surface area contributed by atoms with Crippen LogP contribution in [0.2, 0.25) is 5.02 Å². The molecule has 1 amide bonds. The largest absolute Gasteiger partial charge is 0.325 e. The van der Waals surface area contributed by atoms with Crippen LogP contribution in [0.4, 0.5) is 5.69 Å². The van der Waals surface area contributed by atoms with Crippen molar-refractivity contribution in [1.82, 2.24) is 15.1 Å². The summed E-state index contributed by atoms with van der Waals surface area (Å²) < 4.78 is 1.77. The summed E-state index contributed by atoms with van der Waals surface area (Å²) >= 11 is 7.80. The predicted molar refractivity (Wildman–Crippen MR) is 98.8 cm³/mol. The number of hydrogen-bond acceptors (Lipinski definition) is 4. The molecule has 5 nitrogen and oxygen atoms in total. The third-order valence-electron chi connectivity index (χ3n) is 4.20. The minimum absolute atomic E-state index is 0.0223. The Labute approximate surface area is 151 Å². The van der Waals surface area contributed by atoms with Crippen molar-refractivity contribution in [2.75, 3.05) is 24.2 Å². The van der Waals surface area contributed by atoms with Gasteiger partial charge in [-0.3, -0.25) is 9.48 Å². The molecule has 1 saturated heterocycles. The first-order valence-electron chi connectivity index (χ1n) is 8.01. The molecular formula is C17H21ClN4OS. The van der Waals surface area contributed by atoms with Crippen molar-refractivity contribution in [2.24, 2.45) is 13.0 Å². The first kappa shape index (κ1) is 17.3. The van der Waals surface area contributed by atoms with E-state index in [-0.39, 0.29) is 17.7 Å². The van der Waals surface area contributed by atoms with E-state index in [1.807, 2.05) is 37.6 Å². The molecular weight excluding hydrogens is 344 g/mol. The first-order chi connectivity index (χ1) is 11.6. The molecule has 1 aromatic carbocycles. The molecule has 3 rings (SSSR count). The number of nitrogens with zero attached hydrogens (tertiary/aromatic N) is 2. The molecule has 7 heteroatoms. The Balaban J connectivity index is 1.78. The second kappa shape index (κ2) is 7.59. The fourth-order valence-corrected chi connectivity index (χ4v) is 3.96. The number of carbonyl (C=O) groups excluding carboxylic acids is 1. The molecule has 24 heavy (non-hydrogen) atoms. The van der Waals surface area contributed by atoms with Crippen LogP contribution in [0.1, 0.15) is 18.4 Å². The molecule has 1 aliphatic heterocycles. The number of aryl methyl sites for hydroxylation is 1. The van der Waals surface area contributed by atoms with Crippen LogP contribution in [0, 0.1) is 5.92 Å². The van der Waals surface area contributed by atoms with Crippen molar-refractivity contribution in [2.45, 2.75) is 17.7 Å². The van der Waals surface area contributed by atoms with Gasteiger partial charge in [0.1, 0.15) is 0 Å². The maximum absolute atomic E-state index is 12.8.